The minimum Gasteiger partial charge on any atom is -0.0851 e. The average Bonchev–Trinajstić information content (AvgIpc) is 2.45. The fraction of sp³-hybridized carbons (Fsp3) is 0.867. The van der Waals surface area contributed by atoms with Crippen LogP contribution in [0.1, 0.15) is 77.0 Å². The molecule has 0 heteroatoms. The molecular formula is C15H26. The van der Waals surface area contributed by atoms with Crippen LogP contribution in [0, 0.1) is 5.92 Å². The lowest BCUT2D eigenvalue weighted by molar-refractivity contribution is 0.490. The van der Waals surface area contributed by atoms with Crippen LogP contribution >= 0.6 is 0 Å². The SMILES string of the molecule is C1=C(C2CCCCCC2)CCCCCC1. The molecule has 0 N–H and O–H groups in total. The van der Waals surface area contributed by atoms with Crippen LogP contribution in [0.15, 0.2) is 11.6 Å². The minimum absolute atomic E-state index is 0.977. The molecule has 15 heavy (non-hydrogen) atoms. The van der Waals surface area contributed by atoms with Gasteiger partial charge in [-0.05, 0) is 44.4 Å². The molecule has 0 aromatic carbocycles. The minimum atomic E-state index is 0.977. The zero-order valence-electron chi connectivity index (χ0n) is 10.1. The van der Waals surface area contributed by atoms with E-state index in [1.165, 1.54) is 77.0 Å². The largest absolute Gasteiger partial charge is 0.0851 e. The van der Waals surface area contributed by atoms with Crippen LogP contribution in [-0.2, 0) is 0 Å². The molecule has 0 radical (unpaired) electrons. The molecule has 0 heterocycles. The van der Waals surface area contributed by atoms with Crippen molar-refractivity contribution in [1.82, 2.24) is 0 Å². The van der Waals surface area contributed by atoms with Crippen molar-refractivity contribution in [3.8, 4) is 0 Å². The molecule has 2 aliphatic rings. The molecule has 0 unspecified atom stereocenters. The van der Waals surface area contributed by atoms with E-state index >= 15 is 0 Å². The Labute approximate surface area is 95.1 Å². The fourth-order valence-corrected chi connectivity index (χ4v) is 3.24. The summed E-state index contributed by atoms with van der Waals surface area (Å²) in [4.78, 5) is 0. The molecule has 0 amide bonds. The summed E-state index contributed by atoms with van der Waals surface area (Å²) in [6.07, 6.45) is 20.2. The van der Waals surface area contributed by atoms with Gasteiger partial charge in [-0.15, -0.1) is 0 Å². The van der Waals surface area contributed by atoms with E-state index in [1.54, 1.807) is 0 Å². The molecule has 0 aliphatic heterocycles. The van der Waals surface area contributed by atoms with Crippen molar-refractivity contribution < 1.29 is 0 Å². The number of hydrogen-bond donors (Lipinski definition) is 0. The van der Waals surface area contributed by atoms with Crippen LogP contribution in [0.3, 0.4) is 0 Å². The smallest absolute Gasteiger partial charge is 0.0203 e. The summed E-state index contributed by atoms with van der Waals surface area (Å²) in [7, 11) is 0. The van der Waals surface area contributed by atoms with Gasteiger partial charge in [0.15, 0.2) is 0 Å². The predicted octanol–water partition coefficient (Wildman–Crippen LogP) is 5.24. The van der Waals surface area contributed by atoms with Gasteiger partial charge in [-0.25, -0.2) is 0 Å². The van der Waals surface area contributed by atoms with E-state index in [0.717, 1.165) is 5.92 Å². The highest BCUT2D eigenvalue weighted by molar-refractivity contribution is 5.08. The molecule has 2 aliphatic carbocycles. The number of hydrogen-bond acceptors (Lipinski definition) is 0. The molecule has 1 saturated carbocycles. The number of allylic oxidation sites excluding steroid dienone is 2. The Hall–Kier alpha value is -0.260. The third kappa shape index (κ3) is 3.66. The van der Waals surface area contributed by atoms with Gasteiger partial charge in [-0.2, -0.15) is 0 Å². The van der Waals surface area contributed by atoms with Crippen LogP contribution in [0.4, 0.5) is 0 Å². The Bertz CT molecular complexity index is 194. The summed E-state index contributed by atoms with van der Waals surface area (Å²) in [6.45, 7) is 0. The van der Waals surface area contributed by atoms with Crippen LogP contribution in [0.2, 0.25) is 0 Å². The van der Waals surface area contributed by atoms with Gasteiger partial charge >= 0.3 is 0 Å². The summed E-state index contributed by atoms with van der Waals surface area (Å²) in [5.41, 5.74) is 1.84. The van der Waals surface area contributed by atoms with E-state index in [1.807, 2.05) is 5.57 Å². The normalized spacial score (nSPS) is 26.3. The zero-order valence-corrected chi connectivity index (χ0v) is 10.1. The standard InChI is InChI=1S/C15H26/c1-2-6-10-14(11-7-3-1)15-12-8-4-5-9-13-15/h10,15H,1-9,11-13H2. The lowest BCUT2D eigenvalue weighted by Crippen LogP contribution is -2.04. The van der Waals surface area contributed by atoms with Crippen molar-refractivity contribution in [3.63, 3.8) is 0 Å². The molecule has 0 aromatic rings. The molecule has 0 bridgehead atoms. The first kappa shape index (κ1) is 11.2. The van der Waals surface area contributed by atoms with Crippen LogP contribution in [-0.4, -0.2) is 0 Å². The predicted molar refractivity (Wildman–Crippen MR) is 67.0 cm³/mol. The maximum atomic E-state index is 2.61. The highest BCUT2D eigenvalue weighted by Gasteiger charge is 2.16. The van der Waals surface area contributed by atoms with Crippen molar-refractivity contribution >= 4 is 0 Å². The van der Waals surface area contributed by atoms with Gasteiger partial charge in [0.05, 0.1) is 0 Å². The highest BCUT2D eigenvalue weighted by atomic mass is 14.2. The fourth-order valence-electron chi connectivity index (χ4n) is 3.24. The van der Waals surface area contributed by atoms with Gasteiger partial charge in [0.1, 0.15) is 0 Å². The summed E-state index contributed by atoms with van der Waals surface area (Å²) < 4.78 is 0. The Morgan fingerprint density at radius 1 is 0.733 bits per heavy atom. The van der Waals surface area contributed by atoms with Gasteiger partial charge in [0.2, 0.25) is 0 Å². The quantitative estimate of drug-likeness (QED) is 0.406. The summed E-state index contributed by atoms with van der Waals surface area (Å²) in [5, 5.41) is 0. The van der Waals surface area contributed by atoms with Gasteiger partial charge in [-0.3, -0.25) is 0 Å². The van der Waals surface area contributed by atoms with Crippen molar-refractivity contribution in [2.75, 3.05) is 0 Å². The molecule has 86 valence electrons. The lowest BCUT2D eigenvalue weighted by atomic mass is 9.86. The maximum absolute atomic E-state index is 2.61. The van der Waals surface area contributed by atoms with Crippen LogP contribution < -0.4 is 0 Å². The average molecular weight is 206 g/mol. The Morgan fingerprint density at radius 2 is 1.40 bits per heavy atom. The van der Waals surface area contributed by atoms with Gasteiger partial charge < -0.3 is 0 Å². The van der Waals surface area contributed by atoms with Crippen molar-refractivity contribution in [3.05, 3.63) is 11.6 Å². The second-order valence-corrected chi connectivity index (χ2v) is 5.42. The number of rotatable bonds is 1. The third-order valence-corrected chi connectivity index (χ3v) is 4.21. The van der Waals surface area contributed by atoms with E-state index in [0.29, 0.717) is 0 Å². The van der Waals surface area contributed by atoms with Crippen molar-refractivity contribution in [2.24, 2.45) is 5.92 Å². The molecule has 0 atom stereocenters. The van der Waals surface area contributed by atoms with Crippen LogP contribution in [0.5, 0.6) is 0 Å². The first-order chi connectivity index (χ1) is 7.47. The lowest BCUT2D eigenvalue weighted by Gasteiger charge is -2.20. The molecule has 2 rings (SSSR count). The molecule has 0 aromatic heterocycles. The zero-order chi connectivity index (χ0) is 10.3. The Balaban J connectivity index is 1.92. The van der Waals surface area contributed by atoms with Gasteiger partial charge in [0, 0.05) is 0 Å². The molecule has 0 nitrogen and oxygen atoms in total. The van der Waals surface area contributed by atoms with E-state index in [2.05, 4.69) is 6.08 Å². The second kappa shape index (κ2) is 6.35. The van der Waals surface area contributed by atoms with Gasteiger partial charge in [-0.1, -0.05) is 50.2 Å². The van der Waals surface area contributed by atoms with Crippen LogP contribution in [0.25, 0.3) is 0 Å². The summed E-state index contributed by atoms with van der Waals surface area (Å²) >= 11 is 0. The first-order valence-corrected chi connectivity index (χ1v) is 7.16. The van der Waals surface area contributed by atoms with Gasteiger partial charge in [0.25, 0.3) is 0 Å². The van der Waals surface area contributed by atoms with E-state index < -0.39 is 0 Å². The molecule has 0 spiro atoms. The Kier molecular flexibility index (Phi) is 4.76. The van der Waals surface area contributed by atoms with Crippen molar-refractivity contribution in [1.29, 1.82) is 0 Å². The summed E-state index contributed by atoms with van der Waals surface area (Å²) in [6, 6.07) is 0. The third-order valence-electron chi connectivity index (χ3n) is 4.21. The molecule has 0 saturated heterocycles. The van der Waals surface area contributed by atoms with Crippen molar-refractivity contribution in [2.45, 2.75) is 77.0 Å². The van der Waals surface area contributed by atoms with E-state index in [-0.39, 0.29) is 0 Å². The van der Waals surface area contributed by atoms with E-state index in [4.69, 9.17) is 0 Å². The summed E-state index contributed by atoms with van der Waals surface area (Å²) in [5.74, 6) is 0.977. The first-order valence-electron chi connectivity index (χ1n) is 7.16. The Morgan fingerprint density at radius 3 is 2.20 bits per heavy atom. The van der Waals surface area contributed by atoms with E-state index in [9.17, 15) is 0 Å². The maximum Gasteiger partial charge on any atom is -0.0203 e. The molecule has 1 fully saturated rings. The second-order valence-electron chi connectivity index (χ2n) is 5.42. The highest BCUT2D eigenvalue weighted by Crippen LogP contribution is 2.32. The monoisotopic (exact) mass is 206 g/mol. The topological polar surface area (TPSA) is 0 Å². The molecular weight excluding hydrogens is 180 g/mol.